The number of aliphatic hydroxyl groups excluding tert-OH is 1. The van der Waals surface area contributed by atoms with Gasteiger partial charge in [0.05, 0.1) is 12.6 Å². The number of halogens is 2. The molecule has 3 heterocycles. The van der Waals surface area contributed by atoms with Crippen LogP contribution in [-0.2, 0) is 18.4 Å². The summed E-state index contributed by atoms with van der Waals surface area (Å²) in [6.45, 7) is 4.56. The Balaban J connectivity index is 0.00000182. The van der Waals surface area contributed by atoms with Crippen molar-refractivity contribution in [1.29, 1.82) is 0 Å². The highest BCUT2D eigenvalue weighted by atomic mass is 35.5. The fraction of sp³-hybridized carbons (Fsp3) is 0.824. The summed E-state index contributed by atoms with van der Waals surface area (Å²) >= 11 is 0. The summed E-state index contributed by atoms with van der Waals surface area (Å²) in [5, 5.41) is 18.5. The van der Waals surface area contributed by atoms with Gasteiger partial charge in [-0.25, -0.2) is 0 Å². The van der Waals surface area contributed by atoms with Crippen LogP contribution in [0.1, 0.15) is 49.7 Å². The minimum Gasteiger partial charge on any atom is -0.393 e. The predicted molar refractivity (Wildman–Crippen MR) is 108 cm³/mol. The Morgan fingerprint density at radius 1 is 1.11 bits per heavy atom. The third-order valence-electron chi connectivity index (χ3n) is 5.49. The number of amides is 1. The highest BCUT2D eigenvalue weighted by molar-refractivity contribution is 5.85. The van der Waals surface area contributed by atoms with Gasteiger partial charge in [-0.1, -0.05) is 0 Å². The largest absolute Gasteiger partial charge is 0.393 e. The number of aromatic nitrogens is 3. The van der Waals surface area contributed by atoms with Gasteiger partial charge in [-0.3, -0.25) is 9.69 Å². The number of nitrogens with two attached hydrogens (primary N) is 1. The van der Waals surface area contributed by atoms with E-state index in [-0.39, 0.29) is 36.8 Å². The lowest BCUT2D eigenvalue weighted by molar-refractivity contribution is -0.132. The third kappa shape index (κ3) is 6.02. The zero-order valence-corrected chi connectivity index (χ0v) is 17.6. The van der Waals surface area contributed by atoms with Crippen molar-refractivity contribution in [3.05, 3.63) is 11.6 Å². The summed E-state index contributed by atoms with van der Waals surface area (Å²) in [5.74, 6) is 2.52. The molecule has 10 heteroatoms. The number of nitrogens with zero attached hydrogens (tertiary/aromatic N) is 5. The molecular weight excluding hydrogens is 391 g/mol. The van der Waals surface area contributed by atoms with Gasteiger partial charge < -0.3 is 20.3 Å². The standard InChI is InChI=1S/C17H30N6O2.2ClH/c1-21-15(12-22-8-5-14(24)6-9-22)19-20-17(21)13-3-10-23(11-4-13)16(25)2-7-18;;/h13-14,24H,2-12,18H2,1H3;2*1H. The van der Waals surface area contributed by atoms with Gasteiger partial charge in [0.25, 0.3) is 0 Å². The lowest BCUT2D eigenvalue weighted by atomic mass is 9.95. The normalized spacial score (nSPS) is 19.4. The maximum Gasteiger partial charge on any atom is 0.223 e. The minimum absolute atomic E-state index is 0. The summed E-state index contributed by atoms with van der Waals surface area (Å²) < 4.78 is 2.12. The van der Waals surface area contributed by atoms with E-state index in [1.807, 2.05) is 11.9 Å². The molecule has 0 bridgehead atoms. The fourth-order valence-corrected chi connectivity index (χ4v) is 3.81. The SMILES string of the molecule is Cl.Cl.Cn1c(CN2CCC(O)CC2)nnc1C1CCN(C(=O)CCN)CC1. The van der Waals surface area contributed by atoms with Crippen LogP contribution < -0.4 is 5.73 Å². The predicted octanol–water partition coefficient (Wildman–Crippen LogP) is 0.670. The molecule has 0 spiro atoms. The van der Waals surface area contributed by atoms with Crippen molar-refractivity contribution in [2.75, 3.05) is 32.7 Å². The fourth-order valence-electron chi connectivity index (χ4n) is 3.81. The second-order valence-corrected chi connectivity index (χ2v) is 7.23. The van der Waals surface area contributed by atoms with E-state index < -0.39 is 0 Å². The quantitative estimate of drug-likeness (QED) is 0.722. The molecule has 0 aliphatic carbocycles. The zero-order chi connectivity index (χ0) is 17.8. The summed E-state index contributed by atoms with van der Waals surface area (Å²) in [6.07, 6.45) is 3.80. The molecule has 3 rings (SSSR count). The molecule has 2 aliphatic heterocycles. The number of aliphatic hydroxyl groups is 1. The van der Waals surface area contributed by atoms with Crippen molar-refractivity contribution in [1.82, 2.24) is 24.6 Å². The van der Waals surface area contributed by atoms with Crippen molar-refractivity contribution in [2.45, 2.75) is 50.7 Å². The molecule has 0 saturated carbocycles. The van der Waals surface area contributed by atoms with Crippen LogP contribution in [0.4, 0.5) is 0 Å². The molecule has 0 atom stereocenters. The Morgan fingerprint density at radius 3 is 2.33 bits per heavy atom. The topological polar surface area (TPSA) is 101 Å². The Hall–Kier alpha value is -0.930. The molecule has 0 aromatic carbocycles. The Labute approximate surface area is 173 Å². The van der Waals surface area contributed by atoms with E-state index in [2.05, 4.69) is 19.7 Å². The highest BCUT2D eigenvalue weighted by Gasteiger charge is 2.27. The van der Waals surface area contributed by atoms with Gasteiger partial charge in [-0.2, -0.15) is 0 Å². The molecule has 27 heavy (non-hydrogen) atoms. The number of carbonyl (C=O) groups excluding carboxylic acids is 1. The summed E-state index contributed by atoms with van der Waals surface area (Å²) in [5.41, 5.74) is 5.47. The molecule has 1 amide bonds. The lowest BCUT2D eigenvalue weighted by Crippen LogP contribution is -2.39. The lowest BCUT2D eigenvalue weighted by Gasteiger charge is -2.31. The van der Waals surface area contributed by atoms with Gasteiger partial charge in [0, 0.05) is 52.1 Å². The molecule has 3 N–H and O–H groups in total. The number of piperidine rings is 2. The van der Waals surface area contributed by atoms with Crippen LogP contribution in [0.2, 0.25) is 0 Å². The number of hydrogen-bond acceptors (Lipinski definition) is 6. The molecule has 1 aromatic rings. The number of hydrogen-bond donors (Lipinski definition) is 2. The van der Waals surface area contributed by atoms with E-state index in [1.165, 1.54) is 0 Å². The smallest absolute Gasteiger partial charge is 0.223 e. The molecule has 2 fully saturated rings. The van der Waals surface area contributed by atoms with Gasteiger partial charge in [-0.15, -0.1) is 35.0 Å². The Morgan fingerprint density at radius 2 is 1.74 bits per heavy atom. The van der Waals surface area contributed by atoms with Gasteiger partial charge >= 0.3 is 0 Å². The second-order valence-electron chi connectivity index (χ2n) is 7.23. The summed E-state index contributed by atoms with van der Waals surface area (Å²) in [4.78, 5) is 16.2. The number of carbonyl (C=O) groups is 1. The van der Waals surface area contributed by atoms with Crippen LogP contribution >= 0.6 is 24.8 Å². The van der Waals surface area contributed by atoms with E-state index in [4.69, 9.17) is 5.73 Å². The van der Waals surface area contributed by atoms with Crippen LogP contribution in [0.25, 0.3) is 0 Å². The molecule has 2 saturated heterocycles. The van der Waals surface area contributed by atoms with Crippen molar-refractivity contribution < 1.29 is 9.90 Å². The van der Waals surface area contributed by atoms with E-state index in [0.29, 0.717) is 18.9 Å². The van der Waals surface area contributed by atoms with Crippen molar-refractivity contribution in [3.8, 4) is 0 Å². The molecule has 0 radical (unpaired) electrons. The van der Waals surface area contributed by atoms with E-state index in [1.54, 1.807) is 0 Å². The molecule has 8 nitrogen and oxygen atoms in total. The van der Waals surface area contributed by atoms with Crippen LogP contribution in [0, 0.1) is 0 Å². The average molecular weight is 423 g/mol. The van der Waals surface area contributed by atoms with E-state index in [0.717, 1.165) is 70.1 Å². The van der Waals surface area contributed by atoms with Crippen LogP contribution in [0.5, 0.6) is 0 Å². The van der Waals surface area contributed by atoms with E-state index >= 15 is 0 Å². The average Bonchev–Trinajstić information content (AvgIpc) is 2.98. The minimum atomic E-state index is -0.154. The summed E-state index contributed by atoms with van der Waals surface area (Å²) in [7, 11) is 2.04. The number of likely N-dealkylation sites (tertiary alicyclic amines) is 2. The van der Waals surface area contributed by atoms with Crippen LogP contribution in [0.3, 0.4) is 0 Å². The molecule has 1 aromatic heterocycles. The van der Waals surface area contributed by atoms with Crippen LogP contribution in [0.15, 0.2) is 0 Å². The van der Waals surface area contributed by atoms with E-state index in [9.17, 15) is 9.90 Å². The van der Waals surface area contributed by atoms with Crippen LogP contribution in [-0.4, -0.2) is 74.4 Å². The van der Waals surface area contributed by atoms with Crippen molar-refractivity contribution in [3.63, 3.8) is 0 Å². The number of rotatable bonds is 5. The maximum absolute atomic E-state index is 11.9. The second kappa shape index (κ2) is 11.2. The molecule has 156 valence electrons. The van der Waals surface area contributed by atoms with Crippen molar-refractivity contribution in [2.24, 2.45) is 12.8 Å². The van der Waals surface area contributed by atoms with Gasteiger partial charge in [0.1, 0.15) is 11.6 Å². The maximum atomic E-state index is 11.9. The van der Waals surface area contributed by atoms with Crippen molar-refractivity contribution >= 4 is 30.7 Å². The third-order valence-corrected chi connectivity index (χ3v) is 5.49. The molecule has 2 aliphatic rings. The Kier molecular flexibility index (Phi) is 9.97. The first-order chi connectivity index (χ1) is 12.1. The van der Waals surface area contributed by atoms with Gasteiger partial charge in [0.15, 0.2) is 0 Å². The Bertz CT molecular complexity index is 584. The highest BCUT2D eigenvalue weighted by Crippen LogP contribution is 2.27. The molecule has 0 unspecified atom stereocenters. The molecular formula is C17H32Cl2N6O2. The summed E-state index contributed by atoms with van der Waals surface area (Å²) in [6, 6.07) is 0. The zero-order valence-electron chi connectivity index (χ0n) is 15.9. The first kappa shape index (κ1) is 24.1. The monoisotopic (exact) mass is 422 g/mol. The van der Waals surface area contributed by atoms with Gasteiger partial charge in [-0.05, 0) is 25.7 Å². The van der Waals surface area contributed by atoms with Gasteiger partial charge in [0.2, 0.25) is 5.91 Å². The first-order valence-electron chi connectivity index (χ1n) is 9.35. The first-order valence-corrected chi connectivity index (χ1v) is 9.35.